The number of aromatic nitrogens is 1. The maximum Gasteiger partial charge on any atom is 0.154 e. The molecule has 0 spiro atoms. The topological polar surface area (TPSA) is 56.9 Å². The largest absolute Gasteiger partial charge is 0.370 e. The van der Waals surface area contributed by atoms with Crippen molar-refractivity contribution in [1.29, 1.82) is 0 Å². The zero-order valence-electron chi connectivity index (χ0n) is 10.9. The van der Waals surface area contributed by atoms with Gasteiger partial charge in [0.1, 0.15) is 5.82 Å². The molecule has 0 fully saturated rings. The molecule has 98 valence electrons. The highest BCUT2D eigenvalue weighted by Gasteiger charge is 2.05. The number of aldehydes is 1. The van der Waals surface area contributed by atoms with E-state index in [1.807, 2.05) is 0 Å². The minimum Gasteiger partial charge on any atom is -0.370 e. The van der Waals surface area contributed by atoms with Crippen LogP contribution in [0.1, 0.15) is 23.7 Å². The van der Waals surface area contributed by atoms with E-state index in [0.29, 0.717) is 10.8 Å². The first-order valence-electron chi connectivity index (χ1n) is 6.18. The second-order valence-corrected chi connectivity index (χ2v) is 4.00. The molecule has 1 aromatic rings. The Bertz CT molecular complexity index is 502. The van der Waals surface area contributed by atoms with E-state index in [-0.39, 0.29) is 0 Å². The number of nitrogens with one attached hydrogen (secondary N) is 3. The van der Waals surface area contributed by atoms with E-state index in [0.717, 1.165) is 43.5 Å². The summed E-state index contributed by atoms with van der Waals surface area (Å²) in [7, 11) is 0. The molecule has 1 rings (SSSR count). The lowest BCUT2D eigenvalue weighted by atomic mass is 10.2. The maximum absolute atomic E-state index is 11.0. The summed E-state index contributed by atoms with van der Waals surface area (Å²) in [5.74, 6) is 0.724. The van der Waals surface area contributed by atoms with E-state index >= 15 is 0 Å². The third-order valence-corrected chi connectivity index (χ3v) is 2.61. The monoisotopic (exact) mass is 247 g/mol. The van der Waals surface area contributed by atoms with Crippen molar-refractivity contribution in [2.45, 2.75) is 13.3 Å². The second-order valence-electron chi connectivity index (χ2n) is 4.00. The highest BCUT2D eigenvalue weighted by Crippen LogP contribution is 2.01. The van der Waals surface area contributed by atoms with Crippen LogP contribution in [0, 0.1) is 0 Å². The molecule has 1 aromatic heterocycles. The van der Waals surface area contributed by atoms with Crippen LogP contribution in [0.15, 0.2) is 12.7 Å². The molecular formula is C14H21N3O. The first kappa shape index (κ1) is 14.3. The van der Waals surface area contributed by atoms with Crippen LogP contribution < -0.4 is 21.2 Å². The Morgan fingerprint density at radius 3 is 2.72 bits per heavy atom. The highest BCUT2D eigenvalue weighted by molar-refractivity contribution is 5.83. The van der Waals surface area contributed by atoms with Crippen LogP contribution in [0.4, 0.5) is 5.82 Å². The lowest BCUT2D eigenvalue weighted by Crippen LogP contribution is -2.23. The van der Waals surface area contributed by atoms with Gasteiger partial charge in [0.05, 0.1) is 5.56 Å². The molecule has 4 nitrogen and oxygen atoms in total. The SMILES string of the molecule is C=C/C=c1/[nH]c(NCCNCCC)c(C=O)c1=C. The summed E-state index contributed by atoms with van der Waals surface area (Å²) in [6, 6.07) is 0. The van der Waals surface area contributed by atoms with E-state index in [9.17, 15) is 4.79 Å². The van der Waals surface area contributed by atoms with Gasteiger partial charge >= 0.3 is 0 Å². The lowest BCUT2D eigenvalue weighted by molar-refractivity contribution is 0.112. The van der Waals surface area contributed by atoms with Crippen LogP contribution in [-0.4, -0.2) is 30.9 Å². The number of hydrogen-bond acceptors (Lipinski definition) is 3. The molecule has 0 saturated heterocycles. The summed E-state index contributed by atoms with van der Waals surface area (Å²) in [5, 5.41) is 8.00. The zero-order valence-corrected chi connectivity index (χ0v) is 10.9. The Labute approximate surface area is 107 Å². The molecule has 0 aliphatic heterocycles. The molecule has 1 heterocycles. The fourth-order valence-electron chi connectivity index (χ4n) is 1.68. The third-order valence-electron chi connectivity index (χ3n) is 2.61. The number of anilines is 1. The lowest BCUT2D eigenvalue weighted by Gasteiger charge is -2.05. The molecule has 18 heavy (non-hydrogen) atoms. The second kappa shape index (κ2) is 7.50. The number of carbonyl (C=O) groups excluding carboxylic acids is 1. The molecule has 0 unspecified atom stereocenters. The average Bonchev–Trinajstić information content (AvgIpc) is 2.66. The third kappa shape index (κ3) is 3.60. The van der Waals surface area contributed by atoms with E-state index in [1.165, 1.54) is 0 Å². The van der Waals surface area contributed by atoms with Gasteiger partial charge in [0.2, 0.25) is 0 Å². The molecule has 0 atom stereocenters. The predicted molar refractivity (Wildman–Crippen MR) is 77.3 cm³/mol. The molecule has 0 radical (unpaired) electrons. The van der Waals surface area contributed by atoms with Gasteiger partial charge in [-0.15, -0.1) is 0 Å². The van der Waals surface area contributed by atoms with E-state index in [2.05, 4.69) is 35.7 Å². The molecule has 0 aromatic carbocycles. The Balaban J connectivity index is 2.74. The number of rotatable bonds is 8. The summed E-state index contributed by atoms with van der Waals surface area (Å²) in [6.45, 7) is 12.3. The summed E-state index contributed by atoms with van der Waals surface area (Å²) in [4.78, 5) is 14.2. The van der Waals surface area contributed by atoms with Crippen molar-refractivity contribution >= 4 is 24.8 Å². The van der Waals surface area contributed by atoms with Crippen molar-refractivity contribution in [1.82, 2.24) is 10.3 Å². The molecule has 0 aliphatic carbocycles. The number of H-pyrrole nitrogens is 1. The maximum atomic E-state index is 11.0. The van der Waals surface area contributed by atoms with Crippen LogP contribution in [0.5, 0.6) is 0 Å². The molecule has 0 saturated carbocycles. The van der Waals surface area contributed by atoms with Crippen molar-refractivity contribution in [2.24, 2.45) is 0 Å². The zero-order chi connectivity index (χ0) is 13.4. The van der Waals surface area contributed by atoms with Gasteiger partial charge in [0.15, 0.2) is 6.29 Å². The molecule has 0 amide bonds. The predicted octanol–water partition coefficient (Wildman–Crippen LogP) is 0.615. The van der Waals surface area contributed by atoms with Crippen LogP contribution in [-0.2, 0) is 0 Å². The van der Waals surface area contributed by atoms with E-state index in [1.54, 1.807) is 12.2 Å². The van der Waals surface area contributed by atoms with Gasteiger partial charge in [-0.1, -0.05) is 26.2 Å². The van der Waals surface area contributed by atoms with Gasteiger partial charge < -0.3 is 15.6 Å². The normalized spacial score (nSPS) is 11.5. The summed E-state index contributed by atoms with van der Waals surface area (Å²) >= 11 is 0. The van der Waals surface area contributed by atoms with Gasteiger partial charge in [-0.3, -0.25) is 4.79 Å². The summed E-state index contributed by atoms with van der Waals surface area (Å²) in [5.41, 5.74) is 0.582. The van der Waals surface area contributed by atoms with Gasteiger partial charge in [0.25, 0.3) is 0 Å². The number of aromatic amines is 1. The van der Waals surface area contributed by atoms with Crippen molar-refractivity contribution in [3.8, 4) is 0 Å². The van der Waals surface area contributed by atoms with E-state index < -0.39 is 0 Å². The molecule has 4 heteroatoms. The Morgan fingerprint density at radius 2 is 2.11 bits per heavy atom. The van der Waals surface area contributed by atoms with Crippen LogP contribution in [0.3, 0.4) is 0 Å². The Kier molecular flexibility index (Phi) is 5.94. The Hall–Kier alpha value is -1.81. The molecule has 0 aliphatic rings. The molecule has 0 bridgehead atoms. The fourth-order valence-corrected chi connectivity index (χ4v) is 1.68. The van der Waals surface area contributed by atoms with Crippen molar-refractivity contribution in [3.63, 3.8) is 0 Å². The molecule has 3 N–H and O–H groups in total. The quantitative estimate of drug-likeness (QED) is 0.466. The smallest absolute Gasteiger partial charge is 0.154 e. The molecular weight excluding hydrogens is 226 g/mol. The first-order chi connectivity index (χ1) is 8.74. The first-order valence-corrected chi connectivity index (χ1v) is 6.18. The van der Waals surface area contributed by atoms with Gasteiger partial charge in [-0.2, -0.15) is 0 Å². The highest BCUT2D eigenvalue weighted by atomic mass is 16.1. The van der Waals surface area contributed by atoms with Crippen molar-refractivity contribution in [3.05, 3.63) is 28.8 Å². The summed E-state index contributed by atoms with van der Waals surface area (Å²) < 4.78 is 0. The van der Waals surface area contributed by atoms with Gasteiger partial charge in [0, 0.05) is 23.7 Å². The minimum absolute atomic E-state index is 0.582. The van der Waals surface area contributed by atoms with Crippen molar-refractivity contribution in [2.75, 3.05) is 25.0 Å². The average molecular weight is 247 g/mol. The Morgan fingerprint density at radius 1 is 1.33 bits per heavy atom. The van der Waals surface area contributed by atoms with Gasteiger partial charge in [-0.05, 0) is 19.0 Å². The van der Waals surface area contributed by atoms with E-state index in [4.69, 9.17) is 0 Å². The standard InChI is InChI=1S/C14H21N3O/c1-4-6-13-11(3)12(10-18)14(17-13)16-9-8-15-7-5-2/h4,6,10,15-17H,1,3,5,7-9H2,2H3/b13-6+. The van der Waals surface area contributed by atoms with Gasteiger partial charge in [-0.25, -0.2) is 0 Å². The van der Waals surface area contributed by atoms with Crippen LogP contribution in [0.2, 0.25) is 0 Å². The number of carbonyl (C=O) groups is 1. The summed E-state index contributed by atoms with van der Waals surface area (Å²) in [6.07, 6.45) is 5.40. The van der Waals surface area contributed by atoms with Crippen LogP contribution in [0.25, 0.3) is 12.7 Å². The fraction of sp³-hybridized carbons (Fsp3) is 0.357. The number of allylic oxidation sites excluding steroid dienone is 1. The number of hydrogen-bond donors (Lipinski definition) is 3. The van der Waals surface area contributed by atoms with Crippen LogP contribution >= 0.6 is 0 Å². The minimum atomic E-state index is 0.582. The van der Waals surface area contributed by atoms with Crippen molar-refractivity contribution < 1.29 is 4.79 Å².